The van der Waals surface area contributed by atoms with Crippen molar-refractivity contribution < 1.29 is 4.39 Å². The van der Waals surface area contributed by atoms with Gasteiger partial charge in [-0.25, -0.2) is 4.39 Å². The maximum atomic E-state index is 13.2. The van der Waals surface area contributed by atoms with Gasteiger partial charge in [-0.2, -0.15) is 0 Å². The fourth-order valence-corrected chi connectivity index (χ4v) is 1.86. The lowest BCUT2D eigenvalue weighted by molar-refractivity contribution is 0.616. The third kappa shape index (κ3) is 2.88. The van der Waals surface area contributed by atoms with Gasteiger partial charge in [0.05, 0.1) is 0 Å². The van der Waals surface area contributed by atoms with E-state index in [1.807, 2.05) is 25.1 Å². The molecule has 1 heterocycles. The highest BCUT2D eigenvalue weighted by Crippen LogP contribution is 2.19. The number of nitrogens with two attached hydrogens (primary N) is 1. The smallest absolute Gasteiger partial charge is 0.123 e. The molecule has 3 heteroatoms. The molecule has 1 aromatic carbocycles. The molecular formula is C14H15FN2. The van der Waals surface area contributed by atoms with E-state index in [1.54, 1.807) is 12.3 Å². The summed E-state index contributed by atoms with van der Waals surface area (Å²) < 4.78 is 13.2. The Bertz CT molecular complexity index is 497. The van der Waals surface area contributed by atoms with Gasteiger partial charge in [-0.05, 0) is 42.3 Å². The summed E-state index contributed by atoms with van der Waals surface area (Å²) in [7, 11) is 0. The second-order valence-corrected chi connectivity index (χ2v) is 4.13. The Balaban J connectivity index is 2.20. The number of benzene rings is 1. The first-order valence-electron chi connectivity index (χ1n) is 5.58. The molecule has 17 heavy (non-hydrogen) atoms. The van der Waals surface area contributed by atoms with Gasteiger partial charge in [-0.15, -0.1) is 0 Å². The molecule has 0 radical (unpaired) electrons. The van der Waals surface area contributed by atoms with Crippen LogP contribution in [-0.4, -0.2) is 4.98 Å². The lowest BCUT2D eigenvalue weighted by Crippen LogP contribution is -2.15. The second-order valence-electron chi connectivity index (χ2n) is 4.13. The number of aryl methyl sites for hydroxylation is 1. The number of hydrogen-bond donors (Lipinski definition) is 1. The first-order valence-corrected chi connectivity index (χ1v) is 5.58. The minimum absolute atomic E-state index is 0.222. The molecule has 88 valence electrons. The first-order chi connectivity index (χ1) is 8.16. The lowest BCUT2D eigenvalue weighted by Gasteiger charge is -2.14. The molecule has 0 aliphatic carbocycles. The SMILES string of the molecule is Cc1ccc(F)cc1C(N)Cc1ccccn1. The van der Waals surface area contributed by atoms with E-state index in [9.17, 15) is 4.39 Å². The fourth-order valence-electron chi connectivity index (χ4n) is 1.86. The maximum Gasteiger partial charge on any atom is 0.123 e. The molecule has 0 bridgehead atoms. The van der Waals surface area contributed by atoms with E-state index < -0.39 is 0 Å². The lowest BCUT2D eigenvalue weighted by atomic mass is 9.98. The Labute approximate surface area is 100 Å². The summed E-state index contributed by atoms with van der Waals surface area (Å²) >= 11 is 0. The average molecular weight is 230 g/mol. The van der Waals surface area contributed by atoms with Crippen molar-refractivity contribution >= 4 is 0 Å². The number of hydrogen-bond acceptors (Lipinski definition) is 2. The molecule has 0 saturated heterocycles. The maximum absolute atomic E-state index is 13.2. The summed E-state index contributed by atoms with van der Waals surface area (Å²) in [5.41, 5.74) is 8.86. The summed E-state index contributed by atoms with van der Waals surface area (Å²) in [6, 6.07) is 10.2. The van der Waals surface area contributed by atoms with Crippen molar-refractivity contribution in [3.8, 4) is 0 Å². The van der Waals surface area contributed by atoms with E-state index >= 15 is 0 Å². The van der Waals surface area contributed by atoms with Gasteiger partial charge < -0.3 is 5.73 Å². The van der Waals surface area contributed by atoms with Crippen molar-refractivity contribution in [3.63, 3.8) is 0 Å². The van der Waals surface area contributed by atoms with Crippen LogP contribution in [0, 0.1) is 12.7 Å². The van der Waals surface area contributed by atoms with Crippen LogP contribution < -0.4 is 5.73 Å². The van der Waals surface area contributed by atoms with Crippen molar-refractivity contribution in [3.05, 3.63) is 65.2 Å². The molecule has 0 aliphatic rings. The topological polar surface area (TPSA) is 38.9 Å². The summed E-state index contributed by atoms with van der Waals surface area (Å²) in [6.07, 6.45) is 2.35. The van der Waals surface area contributed by atoms with Crippen LogP contribution >= 0.6 is 0 Å². The molecule has 2 rings (SSSR count). The van der Waals surface area contributed by atoms with E-state index in [0.29, 0.717) is 6.42 Å². The quantitative estimate of drug-likeness (QED) is 0.880. The molecule has 2 N–H and O–H groups in total. The zero-order chi connectivity index (χ0) is 12.3. The summed E-state index contributed by atoms with van der Waals surface area (Å²) in [5.74, 6) is -0.248. The number of aromatic nitrogens is 1. The molecule has 0 fully saturated rings. The van der Waals surface area contributed by atoms with Gasteiger partial charge in [0.1, 0.15) is 5.82 Å². The van der Waals surface area contributed by atoms with Gasteiger partial charge in [0, 0.05) is 24.4 Å². The van der Waals surface area contributed by atoms with Crippen LogP contribution in [0.5, 0.6) is 0 Å². The minimum atomic E-state index is -0.248. The van der Waals surface area contributed by atoms with Crippen molar-refractivity contribution in [2.75, 3.05) is 0 Å². The van der Waals surface area contributed by atoms with Crippen LogP contribution in [0.15, 0.2) is 42.6 Å². The molecular weight excluding hydrogens is 215 g/mol. The number of pyridine rings is 1. The number of nitrogens with zero attached hydrogens (tertiary/aromatic N) is 1. The van der Waals surface area contributed by atoms with Crippen molar-refractivity contribution in [1.82, 2.24) is 4.98 Å². The van der Waals surface area contributed by atoms with E-state index in [4.69, 9.17) is 5.73 Å². The highest BCUT2D eigenvalue weighted by molar-refractivity contribution is 5.30. The van der Waals surface area contributed by atoms with Gasteiger partial charge >= 0.3 is 0 Å². The Kier molecular flexibility index (Phi) is 3.49. The van der Waals surface area contributed by atoms with Crippen LogP contribution in [0.4, 0.5) is 4.39 Å². The Morgan fingerprint density at radius 2 is 2.12 bits per heavy atom. The minimum Gasteiger partial charge on any atom is -0.324 e. The first kappa shape index (κ1) is 11.7. The zero-order valence-corrected chi connectivity index (χ0v) is 9.73. The Hall–Kier alpha value is -1.74. The van der Waals surface area contributed by atoms with Crippen molar-refractivity contribution in [2.24, 2.45) is 5.73 Å². The summed E-state index contributed by atoms with van der Waals surface area (Å²) in [5, 5.41) is 0. The van der Waals surface area contributed by atoms with E-state index in [2.05, 4.69) is 4.98 Å². The largest absolute Gasteiger partial charge is 0.324 e. The van der Waals surface area contributed by atoms with Crippen LogP contribution in [-0.2, 0) is 6.42 Å². The predicted octanol–water partition coefficient (Wildman–Crippen LogP) is 2.77. The van der Waals surface area contributed by atoms with Crippen LogP contribution in [0.1, 0.15) is 22.9 Å². The van der Waals surface area contributed by atoms with E-state index in [0.717, 1.165) is 16.8 Å². The van der Waals surface area contributed by atoms with Gasteiger partial charge in [0.2, 0.25) is 0 Å². The average Bonchev–Trinajstić information content (AvgIpc) is 2.33. The van der Waals surface area contributed by atoms with E-state index in [-0.39, 0.29) is 11.9 Å². The molecule has 2 nitrogen and oxygen atoms in total. The van der Waals surface area contributed by atoms with Gasteiger partial charge in [0.15, 0.2) is 0 Å². The normalized spacial score (nSPS) is 12.4. The molecule has 0 amide bonds. The molecule has 0 spiro atoms. The van der Waals surface area contributed by atoms with Crippen molar-refractivity contribution in [1.29, 1.82) is 0 Å². The highest BCUT2D eigenvalue weighted by Gasteiger charge is 2.11. The van der Waals surface area contributed by atoms with Crippen LogP contribution in [0.25, 0.3) is 0 Å². The third-order valence-corrected chi connectivity index (χ3v) is 2.80. The molecule has 2 aromatic rings. The predicted molar refractivity (Wildman–Crippen MR) is 66.0 cm³/mol. The number of rotatable bonds is 3. The highest BCUT2D eigenvalue weighted by atomic mass is 19.1. The van der Waals surface area contributed by atoms with Crippen LogP contribution in [0.3, 0.4) is 0 Å². The summed E-state index contributed by atoms with van der Waals surface area (Å²) in [6.45, 7) is 1.94. The fraction of sp³-hybridized carbons (Fsp3) is 0.214. The standard InChI is InChI=1S/C14H15FN2/c1-10-5-6-11(15)8-13(10)14(16)9-12-4-2-3-7-17-12/h2-8,14H,9,16H2,1H3. The molecule has 0 aliphatic heterocycles. The van der Waals surface area contributed by atoms with E-state index in [1.165, 1.54) is 12.1 Å². The number of halogens is 1. The molecule has 1 atom stereocenters. The summed E-state index contributed by atoms with van der Waals surface area (Å²) in [4.78, 5) is 4.22. The van der Waals surface area contributed by atoms with Crippen molar-refractivity contribution in [2.45, 2.75) is 19.4 Å². The molecule has 1 unspecified atom stereocenters. The second kappa shape index (κ2) is 5.06. The van der Waals surface area contributed by atoms with Gasteiger partial charge in [-0.3, -0.25) is 4.98 Å². The van der Waals surface area contributed by atoms with Gasteiger partial charge in [-0.1, -0.05) is 12.1 Å². The third-order valence-electron chi connectivity index (χ3n) is 2.80. The Morgan fingerprint density at radius 3 is 2.82 bits per heavy atom. The van der Waals surface area contributed by atoms with Crippen LogP contribution in [0.2, 0.25) is 0 Å². The molecule has 0 saturated carbocycles. The van der Waals surface area contributed by atoms with Gasteiger partial charge in [0.25, 0.3) is 0 Å². The molecule has 1 aromatic heterocycles. The Morgan fingerprint density at radius 1 is 1.29 bits per heavy atom. The monoisotopic (exact) mass is 230 g/mol. The zero-order valence-electron chi connectivity index (χ0n) is 9.73.